The monoisotopic (exact) mass is 169 g/mol. The molecule has 2 heteroatoms. The number of hydrogen-bond acceptors (Lipinski definition) is 2. The molecule has 2 fully saturated rings. The van der Waals surface area contributed by atoms with E-state index in [-0.39, 0.29) is 0 Å². The van der Waals surface area contributed by atoms with Crippen molar-refractivity contribution in [3.63, 3.8) is 0 Å². The molecule has 2 nitrogen and oxygen atoms in total. The summed E-state index contributed by atoms with van der Waals surface area (Å²) in [5.41, 5.74) is 0.647. The van der Waals surface area contributed by atoms with Gasteiger partial charge in [0, 0.05) is 6.61 Å². The molecule has 2 N–H and O–H groups in total. The molecule has 0 aromatic rings. The zero-order valence-electron chi connectivity index (χ0n) is 7.68. The third-order valence-electron chi connectivity index (χ3n) is 3.93. The molecule has 0 radical (unpaired) electrons. The number of nitrogens with one attached hydrogen (secondary N) is 1. The van der Waals surface area contributed by atoms with E-state index in [9.17, 15) is 0 Å². The van der Waals surface area contributed by atoms with Crippen LogP contribution in [0.4, 0.5) is 0 Å². The van der Waals surface area contributed by atoms with Crippen molar-refractivity contribution in [2.24, 2.45) is 11.3 Å². The minimum Gasteiger partial charge on any atom is -0.396 e. The van der Waals surface area contributed by atoms with Crippen LogP contribution in [0.15, 0.2) is 0 Å². The van der Waals surface area contributed by atoms with Gasteiger partial charge in [-0.05, 0) is 56.5 Å². The first-order chi connectivity index (χ1) is 5.87. The van der Waals surface area contributed by atoms with Crippen LogP contribution in [-0.4, -0.2) is 24.8 Å². The van der Waals surface area contributed by atoms with Crippen LogP contribution >= 0.6 is 0 Å². The van der Waals surface area contributed by atoms with Crippen LogP contribution in [-0.2, 0) is 0 Å². The van der Waals surface area contributed by atoms with E-state index in [4.69, 9.17) is 5.11 Å². The average Bonchev–Trinajstić information content (AvgIpc) is 2.14. The highest BCUT2D eigenvalue weighted by molar-refractivity contribution is 4.97. The van der Waals surface area contributed by atoms with Crippen molar-refractivity contribution < 1.29 is 5.11 Å². The molecule has 1 spiro atoms. The van der Waals surface area contributed by atoms with Gasteiger partial charge in [0.1, 0.15) is 0 Å². The average molecular weight is 169 g/mol. The van der Waals surface area contributed by atoms with Crippen molar-refractivity contribution in [2.45, 2.75) is 32.1 Å². The molecule has 1 aliphatic heterocycles. The minimum atomic E-state index is 0.389. The summed E-state index contributed by atoms with van der Waals surface area (Å²) in [6.07, 6.45) is 6.51. The van der Waals surface area contributed by atoms with E-state index in [1.807, 2.05) is 0 Å². The summed E-state index contributed by atoms with van der Waals surface area (Å²) in [7, 11) is 0. The van der Waals surface area contributed by atoms with Gasteiger partial charge in [0.15, 0.2) is 0 Å². The maximum Gasteiger partial charge on any atom is 0.0433 e. The Bertz CT molecular complexity index is 152. The smallest absolute Gasteiger partial charge is 0.0433 e. The van der Waals surface area contributed by atoms with E-state index in [1.165, 1.54) is 38.8 Å². The fourth-order valence-corrected chi connectivity index (χ4v) is 2.95. The summed E-state index contributed by atoms with van der Waals surface area (Å²) in [6.45, 7) is 2.78. The van der Waals surface area contributed by atoms with Crippen molar-refractivity contribution in [3.8, 4) is 0 Å². The highest BCUT2D eigenvalue weighted by Gasteiger charge is 2.45. The molecular weight excluding hydrogens is 150 g/mol. The molecule has 12 heavy (non-hydrogen) atoms. The van der Waals surface area contributed by atoms with Gasteiger partial charge in [0.05, 0.1) is 0 Å². The lowest BCUT2D eigenvalue weighted by Gasteiger charge is -2.52. The summed E-state index contributed by atoms with van der Waals surface area (Å²) in [5.74, 6) is 0.838. The SMILES string of the molecule is OCCC1CCC12CCNCC2. The zero-order chi connectivity index (χ0) is 8.44. The van der Waals surface area contributed by atoms with Gasteiger partial charge < -0.3 is 10.4 Å². The molecule has 2 rings (SSSR count). The quantitative estimate of drug-likeness (QED) is 0.650. The Morgan fingerprint density at radius 3 is 2.50 bits per heavy atom. The summed E-state index contributed by atoms with van der Waals surface area (Å²) >= 11 is 0. The van der Waals surface area contributed by atoms with Gasteiger partial charge in [-0.2, -0.15) is 0 Å². The Kier molecular flexibility index (Phi) is 2.37. The molecule has 70 valence electrons. The molecular formula is C10H19NO. The van der Waals surface area contributed by atoms with Gasteiger partial charge in [-0.1, -0.05) is 0 Å². The van der Waals surface area contributed by atoms with E-state index in [0.29, 0.717) is 12.0 Å². The van der Waals surface area contributed by atoms with Crippen molar-refractivity contribution in [1.29, 1.82) is 0 Å². The second kappa shape index (κ2) is 3.35. The molecule has 0 aromatic heterocycles. The number of aliphatic hydroxyl groups excluding tert-OH is 1. The van der Waals surface area contributed by atoms with Gasteiger partial charge in [0.2, 0.25) is 0 Å². The molecule has 1 atom stereocenters. The summed E-state index contributed by atoms with van der Waals surface area (Å²) in [6, 6.07) is 0. The first-order valence-electron chi connectivity index (χ1n) is 5.19. The highest BCUT2D eigenvalue weighted by atomic mass is 16.3. The predicted octanol–water partition coefficient (Wildman–Crippen LogP) is 1.15. The Hall–Kier alpha value is -0.0800. The maximum absolute atomic E-state index is 8.90. The number of hydrogen-bond donors (Lipinski definition) is 2. The third-order valence-corrected chi connectivity index (χ3v) is 3.93. The minimum absolute atomic E-state index is 0.389. The van der Waals surface area contributed by atoms with Gasteiger partial charge in [-0.25, -0.2) is 0 Å². The Morgan fingerprint density at radius 2 is 2.00 bits per heavy atom. The summed E-state index contributed by atoms with van der Waals surface area (Å²) in [5, 5.41) is 12.3. The van der Waals surface area contributed by atoms with Crippen molar-refractivity contribution in [2.75, 3.05) is 19.7 Å². The fourth-order valence-electron chi connectivity index (χ4n) is 2.95. The normalized spacial score (nSPS) is 33.2. The molecule has 1 saturated carbocycles. The maximum atomic E-state index is 8.90. The lowest BCUT2D eigenvalue weighted by atomic mass is 9.55. The van der Waals surface area contributed by atoms with Gasteiger partial charge >= 0.3 is 0 Å². The Morgan fingerprint density at radius 1 is 1.25 bits per heavy atom. The van der Waals surface area contributed by atoms with Crippen LogP contribution in [0.1, 0.15) is 32.1 Å². The van der Waals surface area contributed by atoms with Crippen molar-refractivity contribution >= 4 is 0 Å². The molecule has 0 amide bonds. The number of rotatable bonds is 2. The lowest BCUT2D eigenvalue weighted by Crippen LogP contribution is -2.48. The van der Waals surface area contributed by atoms with Crippen LogP contribution < -0.4 is 5.32 Å². The zero-order valence-corrected chi connectivity index (χ0v) is 7.68. The number of piperidine rings is 1. The van der Waals surface area contributed by atoms with Gasteiger partial charge in [0.25, 0.3) is 0 Å². The van der Waals surface area contributed by atoms with E-state index in [0.717, 1.165) is 12.3 Å². The van der Waals surface area contributed by atoms with Gasteiger partial charge in [-0.15, -0.1) is 0 Å². The predicted molar refractivity (Wildman–Crippen MR) is 49.0 cm³/mol. The summed E-state index contributed by atoms with van der Waals surface area (Å²) < 4.78 is 0. The molecule has 0 aromatic carbocycles. The van der Waals surface area contributed by atoms with Crippen molar-refractivity contribution in [3.05, 3.63) is 0 Å². The molecule has 2 aliphatic rings. The second-order valence-electron chi connectivity index (χ2n) is 4.36. The van der Waals surface area contributed by atoms with E-state index >= 15 is 0 Å². The molecule has 1 heterocycles. The number of aliphatic hydroxyl groups is 1. The van der Waals surface area contributed by atoms with E-state index in [2.05, 4.69) is 5.32 Å². The third kappa shape index (κ3) is 1.27. The first kappa shape index (κ1) is 8.52. The van der Waals surface area contributed by atoms with E-state index < -0.39 is 0 Å². The summed E-state index contributed by atoms with van der Waals surface area (Å²) in [4.78, 5) is 0. The van der Waals surface area contributed by atoms with Crippen LogP contribution in [0.3, 0.4) is 0 Å². The second-order valence-corrected chi connectivity index (χ2v) is 4.36. The lowest BCUT2D eigenvalue weighted by molar-refractivity contribution is -0.0163. The fraction of sp³-hybridized carbons (Fsp3) is 1.00. The van der Waals surface area contributed by atoms with Crippen LogP contribution in [0.5, 0.6) is 0 Å². The molecule has 1 aliphatic carbocycles. The largest absolute Gasteiger partial charge is 0.396 e. The topological polar surface area (TPSA) is 32.3 Å². The molecule has 1 unspecified atom stereocenters. The first-order valence-corrected chi connectivity index (χ1v) is 5.19. The van der Waals surface area contributed by atoms with E-state index in [1.54, 1.807) is 0 Å². The highest BCUT2D eigenvalue weighted by Crippen LogP contribution is 2.53. The molecule has 0 bridgehead atoms. The van der Waals surface area contributed by atoms with Crippen molar-refractivity contribution in [1.82, 2.24) is 5.32 Å². The van der Waals surface area contributed by atoms with Gasteiger partial charge in [-0.3, -0.25) is 0 Å². The van der Waals surface area contributed by atoms with Crippen LogP contribution in [0.2, 0.25) is 0 Å². The standard InChI is InChI=1S/C10H19NO/c12-8-2-9-1-3-10(9)4-6-11-7-5-10/h9,11-12H,1-8H2. The Balaban J connectivity index is 1.91. The van der Waals surface area contributed by atoms with Crippen LogP contribution in [0.25, 0.3) is 0 Å². The molecule has 1 saturated heterocycles. The van der Waals surface area contributed by atoms with Crippen LogP contribution in [0, 0.1) is 11.3 Å². The Labute approximate surface area is 74.4 Å².